The van der Waals surface area contributed by atoms with Gasteiger partial charge in [0.05, 0.1) is 5.69 Å². The van der Waals surface area contributed by atoms with E-state index in [9.17, 15) is 4.79 Å². The molecule has 0 aliphatic heterocycles. The summed E-state index contributed by atoms with van der Waals surface area (Å²) in [6.45, 7) is 5.59. The van der Waals surface area contributed by atoms with Gasteiger partial charge < -0.3 is 0 Å². The van der Waals surface area contributed by atoms with Gasteiger partial charge in [0, 0.05) is 13.1 Å². The van der Waals surface area contributed by atoms with Crippen LogP contribution in [0.15, 0.2) is 42.6 Å². The van der Waals surface area contributed by atoms with Crippen LogP contribution in [0.1, 0.15) is 18.1 Å². The summed E-state index contributed by atoms with van der Waals surface area (Å²) in [5, 5.41) is 0. The van der Waals surface area contributed by atoms with Crippen molar-refractivity contribution < 1.29 is 4.79 Å². The van der Waals surface area contributed by atoms with Gasteiger partial charge in [-0.25, -0.2) is 4.98 Å². The van der Waals surface area contributed by atoms with E-state index in [1.54, 1.807) is 18.0 Å². The summed E-state index contributed by atoms with van der Waals surface area (Å²) < 4.78 is 0. The van der Waals surface area contributed by atoms with Gasteiger partial charge in [0.2, 0.25) is 5.91 Å². The molecular formula is C15H16N2O. The number of nitrogens with zero attached hydrogens (tertiary/aromatic N) is 2. The van der Waals surface area contributed by atoms with E-state index in [1.807, 2.05) is 44.2 Å². The average molecular weight is 240 g/mol. The molecule has 1 aromatic heterocycles. The van der Waals surface area contributed by atoms with Crippen molar-refractivity contribution in [1.82, 2.24) is 4.98 Å². The van der Waals surface area contributed by atoms with Crippen LogP contribution in [0.4, 0.5) is 11.5 Å². The zero-order chi connectivity index (χ0) is 13.1. The number of aryl methyl sites for hydroxylation is 2. The smallest absolute Gasteiger partial charge is 0.229 e. The van der Waals surface area contributed by atoms with E-state index >= 15 is 0 Å². The number of carbonyl (C=O) groups is 1. The van der Waals surface area contributed by atoms with Gasteiger partial charge >= 0.3 is 0 Å². The number of benzene rings is 1. The first-order valence-electron chi connectivity index (χ1n) is 5.88. The molecule has 1 heterocycles. The molecular weight excluding hydrogens is 224 g/mol. The summed E-state index contributed by atoms with van der Waals surface area (Å²) in [7, 11) is 0. The number of pyridine rings is 1. The Labute approximate surface area is 107 Å². The first-order valence-corrected chi connectivity index (χ1v) is 5.88. The van der Waals surface area contributed by atoms with Gasteiger partial charge in [-0.1, -0.05) is 12.1 Å². The Morgan fingerprint density at radius 2 is 1.78 bits per heavy atom. The van der Waals surface area contributed by atoms with Crippen LogP contribution < -0.4 is 4.90 Å². The number of rotatable bonds is 2. The van der Waals surface area contributed by atoms with E-state index in [-0.39, 0.29) is 5.91 Å². The number of amides is 1. The standard InChI is InChI=1S/C15H16N2O/c1-11-8-12(2)10-14(9-11)17(13(3)18)15-6-4-5-7-16-15/h4-10H,1-3H3. The number of hydrogen-bond acceptors (Lipinski definition) is 2. The van der Waals surface area contributed by atoms with Crippen molar-refractivity contribution in [2.45, 2.75) is 20.8 Å². The first kappa shape index (κ1) is 12.3. The van der Waals surface area contributed by atoms with Crippen molar-refractivity contribution in [2.75, 3.05) is 4.90 Å². The maximum Gasteiger partial charge on any atom is 0.229 e. The zero-order valence-electron chi connectivity index (χ0n) is 10.8. The molecule has 0 radical (unpaired) electrons. The van der Waals surface area contributed by atoms with E-state index in [4.69, 9.17) is 0 Å². The molecule has 0 saturated heterocycles. The van der Waals surface area contributed by atoms with Gasteiger partial charge in [-0.3, -0.25) is 9.69 Å². The highest BCUT2D eigenvalue weighted by atomic mass is 16.2. The Hall–Kier alpha value is -2.16. The first-order chi connectivity index (χ1) is 8.58. The second-order valence-electron chi connectivity index (χ2n) is 4.39. The SMILES string of the molecule is CC(=O)N(c1cc(C)cc(C)c1)c1ccccn1. The van der Waals surface area contributed by atoms with Crippen LogP contribution in [0, 0.1) is 13.8 Å². The zero-order valence-corrected chi connectivity index (χ0v) is 10.8. The molecule has 1 aromatic carbocycles. The predicted octanol–water partition coefficient (Wildman–Crippen LogP) is 3.38. The number of aromatic nitrogens is 1. The lowest BCUT2D eigenvalue weighted by molar-refractivity contribution is -0.115. The van der Waals surface area contributed by atoms with E-state index in [2.05, 4.69) is 11.1 Å². The molecule has 0 saturated carbocycles. The van der Waals surface area contributed by atoms with Gasteiger partial charge in [-0.2, -0.15) is 0 Å². The van der Waals surface area contributed by atoms with Crippen LogP contribution in [0.25, 0.3) is 0 Å². The maximum atomic E-state index is 11.9. The van der Waals surface area contributed by atoms with Crippen LogP contribution in [0.5, 0.6) is 0 Å². The second-order valence-corrected chi connectivity index (χ2v) is 4.39. The van der Waals surface area contributed by atoms with Crippen molar-refractivity contribution in [3.05, 3.63) is 53.7 Å². The van der Waals surface area contributed by atoms with Gasteiger partial charge in [-0.15, -0.1) is 0 Å². The lowest BCUT2D eigenvalue weighted by atomic mass is 10.1. The number of carbonyl (C=O) groups excluding carboxylic acids is 1. The molecule has 0 N–H and O–H groups in total. The number of anilines is 2. The Bertz CT molecular complexity index is 544. The minimum atomic E-state index is -0.0429. The van der Waals surface area contributed by atoms with Crippen LogP contribution in [0.2, 0.25) is 0 Å². The topological polar surface area (TPSA) is 33.2 Å². The summed E-state index contributed by atoms with van der Waals surface area (Å²) >= 11 is 0. The monoisotopic (exact) mass is 240 g/mol. The summed E-state index contributed by atoms with van der Waals surface area (Å²) in [6.07, 6.45) is 1.69. The summed E-state index contributed by atoms with van der Waals surface area (Å²) in [6, 6.07) is 11.6. The average Bonchev–Trinajstić information content (AvgIpc) is 2.28. The molecule has 0 atom stereocenters. The summed E-state index contributed by atoms with van der Waals surface area (Å²) in [5.41, 5.74) is 3.12. The van der Waals surface area contributed by atoms with E-state index in [0.29, 0.717) is 5.82 Å². The predicted molar refractivity (Wildman–Crippen MR) is 73.0 cm³/mol. The molecule has 0 spiro atoms. The third-order valence-corrected chi connectivity index (χ3v) is 2.66. The van der Waals surface area contributed by atoms with Crippen molar-refractivity contribution >= 4 is 17.4 Å². The van der Waals surface area contributed by atoms with Crippen molar-refractivity contribution in [3.63, 3.8) is 0 Å². The van der Waals surface area contributed by atoms with E-state index in [1.165, 1.54) is 0 Å². The van der Waals surface area contributed by atoms with Gasteiger partial charge in [0.25, 0.3) is 0 Å². The lowest BCUT2D eigenvalue weighted by Crippen LogP contribution is -2.23. The summed E-state index contributed by atoms with van der Waals surface area (Å²) in [5.74, 6) is 0.605. The molecule has 3 nitrogen and oxygen atoms in total. The molecule has 92 valence electrons. The van der Waals surface area contributed by atoms with Crippen LogP contribution in [-0.4, -0.2) is 10.9 Å². The molecule has 18 heavy (non-hydrogen) atoms. The second kappa shape index (κ2) is 5.00. The number of hydrogen-bond donors (Lipinski definition) is 0. The fourth-order valence-corrected chi connectivity index (χ4v) is 2.04. The fourth-order valence-electron chi connectivity index (χ4n) is 2.04. The largest absolute Gasteiger partial charge is 0.274 e. The molecule has 2 aromatic rings. The van der Waals surface area contributed by atoms with Crippen molar-refractivity contribution in [2.24, 2.45) is 0 Å². The Morgan fingerprint density at radius 1 is 1.11 bits per heavy atom. The van der Waals surface area contributed by atoms with E-state index < -0.39 is 0 Å². The molecule has 0 aliphatic rings. The molecule has 3 heteroatoms. The quantitative estimate of drug-likeness (QED) is 0.806. The maximum absolute atomic E-state index is 11.9. The van der Waals surface area contributed by atoms with Crippen LogP contribution in [0.3, 0.4) is 0 Å². The summed E-state index contributed by atoms with van der Waals surface area (Å²) in [4.78, 5) is 17.7. The van der Waals surface area contributed by atoms with Crippen molar-refractivity contribution in [3.8, 4) is 0 Å². The van der Waals surface area contributed by atoms with Crippen molar-refractivity contribution in [1.29, 1.82) is 0 Å². The van der Waals surface area contributed by atoms with Crippen LogP contribution >= 0.6 is 0 Å². The van der Waals surface area contributed by atoms with Gasteiger partial charge in [-0.05, 0) is 49.2 Å². The van der Waals surface area contributed by atoms with Gasteiger partial charge in [0.1, 0.15) is 5.82 Å². The minimum absolute atomic E-state index is 0.0429. The highest BCUT2D eigenvalue weighted by Crippen LogP contribution is 2.25. The van der Waals surface area contributed by atoms with Gasteiger partial charge in [0.15, 0.2) is 0 Å². The highest BCUT2D eigenvalue weighted by Gasteiger charge is 2.15. The fraction of sp³-hybridized carbons (Fsp3) is 0.200. The molecule has 2 rings (SSSR count). The third kappa shape index (κ3) is 2.56. The Morgan fingerprint density at radius 3 is 2.28 bits per heavy atom. The van der Waals surface area contributed by atoms with E-state index in [0.717, 1.165) is 16.8 Å². The molecule has 1 amide bonds. The Kier molecular flexibility index (Phi) is 3.42. The third-order valence-electron chi connectivity index (χ3n) is 2.66. The normalized spacial score (nSPS) is 10.2. The minimum Gasteiger partial charge on any atom is -0.274 e. The molecule has 0 unspecified atom stereocenters. The Balaban J connectivity index is 2.52. The van der Waals surface area contributed by atoms with Crippen LogP contribution in [-0.2, 0) is 4.79 Å². The molecule has 0 fully saturated rings. The lowest BCUT2D eigenvalue weighted by Gasteiger charge is -2.21. The molecule has 0 aliphatic carbocycles. The molecule has 0 bridgehead atoms. The highest BCUT2D eigenvalue weighted by molar-refractivity contribution is 5.98.